The topological polar surface area (TPSA) is 69.7 Å². The molecule has 2 aliphatic rings. The monoisotopic (exact) mass is 485 g/mol. The van der Waals surface area contributed by atoms with Crippen molar-refractivity contribution in [1.82, 2.24) is 4.90 Å². The van der Waals surface area contributed by atoms with Crippen molar-refractivity contribution in [3.63, 3.8) is 0 Å². The van der Waals surface area contributed by atoms with Gasteiger partial charge in [-0.05, 0) is 36.2 Å². The van der Waals surface area contributed by atoms with Crippen LogP contribution in [-0.4, -0.2) is 40.0 Å². The Hall–Kier alpha value is -2.68. The summed E-state index contributed by atoms with van der Waals surface area (Å²) in [6.45, 7) is 4.31. The van der Waals surface area contributed by atoms with Crippen LogP contribution in [0, 0.1) is 5.92 Å². The van der Waals surface area contributed by atoms with Gasteiger partial charge in [0.2, 0.25) is 5.91 Å². The summed E-state index contributed by atoms with van der Waals surface area (Å²) >= 11 is 12.4. The lowest BCUT2D eigenvalue weighted by Gasteiger charge is -2.17. The van der Waals surface area contributed by atoms with E-state index in [1.165, 1.54) is 4.90 Å². The summed E-state index contributed by atoms with van der Waals surface area (Å²) in [5.74, 6) is -0.771. The zero-order valence-corrected chi connectivity index (χ0v) is 19.8. The second kappa shape index (κ2) is 9.05. The molecule has 0 saturated carbocycles. The lowest BCUT2D eigenvalue weighted by Crippen LogP contribution is -2.35. The normalized spacial score (nSPS) is 18.1. The first kappa shape index (κ1) is 22.5. The highest BCUT2D eigenvalue weighted by atomic mass is 35.5. The van der Waals surface area contributed by atoms with Gasteiger partial charge in [0.25, 0.3) is 11.8 Å². The highest BCUT2D eigenvalue weighted by molar-refractivity contribution is 8.26. The van der Waals surface area contributed by atoms with Gasteiger partial charge in [-0.15, -0.1) is 0 Å². The summed E-state index contributed by atoms with van der Waals surface area (Å²) < 4.78 is 0.440. The summed E-state index contributed by atoms with van der Waals surface area (Å²) in [7, 11) is 0. The number of benzene rings is 2. The van der Waals surface area contributed by atoms with Gasteiger partial charge in [-0.3, -0.25) is 24.2 Å². The third-order valence-electron chi connectivity index (χ3n) is 4.98. The number of halogens is 1. The molecule has 2 aromatic rings. The van der Waals surface area contributed by atoms with Crippen LogP contribution in [0.2, 0.25) is 5.02 Å². The summed E-state index contributed by atoms with van der Waals surface area (Å²) in [5, 5.41) is 3.33. The number of fused-ring (bicyclic) bond motifs is 1. The number of amides is 3. The molecule has 0 spiro atoms. The summed E-state index contributed by atoms with van der Waals surface area (Å²) in [6, 6.07) is 13.9. The summed E-state index contributed by atoms with van der Waals surface area (Å²) in [4.78, 5) is 42.4. The van der Waals surface area contributed by atoms with Gasteiger partial charge < -0.3 is 5.32 Å². The van der Waals surface area contributed by atoms with E-state index in [-0.39, 0.29) is 30.2 Å². The molecule has 0 unspecified atom stereocenters. The van der Waals surface area contributed by atoms with Crippen molar-refractivity contribution in [1.29, 1.82) is 0 Å². The van der Waals surface area contributed by atoms with Crippen LogP contribution in [0.5, 0.6) is 0 Å². The van der Waals surface area contributed by atoms with E-state index >= 15 is 0 Å². The van der Waals surface area contributed by atoms with Crippen LogP contribution < -0.4 is 10.2 Å². The van der Waals surface area contributed by atoms with Crippen LogP contribution in [-0.2, 0) is 14.4 Å². The van der Waals surface area contributed by atoms with E-state index in [4.69, 9.17) is 23.8 Å². The average Bonchev–Trinajstić information content (AvgIpc) is 3.17. The summed E-state index contributed by atoms with van der Waals surface area (Å²) in [6.07, 6.45) is 0. The number of carbonyl (C=O) groups excluding carboxylic acids is 3. The van der Waals surface area contributed by atoms with E-state index < -0.39 is 0 Å². The fourth-order valence-electron chi connectivity index (χ4n) is 3.61. The SMILES string of the molecule is CC(C)CN1C(=O)/C(=C2/C(=O)N(CC(=O)Nc3ccc(Cl)cc3)c3ccccc32)SC1=S. The lowest BCUT2D eigenvalue weighted by molar-refractivity contribution is -0.122. The Morgan fingerprint density at radius 2 is 1.75 bits per heavy atom. The van der Waals surface area contributed by atoms with Crippen LogP contribution >= 0.6 is 35.6 Å². The summed E-state index contributed by atoms with van der Waals surface area (Å²) in [5.41, 5.74) is 2.09. The smallest absolute Gasteiger partial charge is 0.267 e. The largest absolute Gasteiger partial charge is 0.325 e. The molecule has 1 N–H and O–H groups in total. The third-order valence-corrected chi connectivity index (χ3v) is 6.68. The number of hydrogen-bond donors (Lipinski definition) is 1. The van der Waals surface area contributed by atoms with Crippen molar-refractivity contribution in [3.8, 4) is 0 Å². The Kier molecular flexibility index (Phi) is 6.37. The zero-order chi connectivity index (χ0) is 23.0. The van der Waals surface area contributed by atoms with Crippen LogP contribution in [0.4, 0.5) is 11.4 Å². The number of nitrogens with one attached hydrogen (secondary N) is 1. The Morgan fingerprint density at radius 1 is 1.06 bits per heavy atom. The fourth-order valence-corrected chi connectivity index (χ4v) is 5.08. The molecular weight excluding hydrogens is 466 g/mol. The minimum atomic E-state index is -0.387. The van der Waals surface area contributed by atoms with E-state index in [9.17, 15) is 14.4 Å². The molecule has 0 aromatic heterocycles. The van der Waals surface area contributed by atoms with Gasteiger partial charge >= 0.3 is 0 Å². The number of thioether (sulfide) groups is 1. The first-order chi connectivity index (χ1) is 15.3. The number of anilines is 2. The van der Waals surface area contributed by atoms with Crippen molar-refractivity contribution < 1.29 is 14.4 Å². The molecule has 0 bridgehead atoms. The minimum absolute atomic E-state index is 0.186. The molecule has 0 radical (unpaired) electrons. The van der Waals surface area contributed by atoms with E-state index in [0.29, 0.717) is 43.3 Å². The molecule has 2 aromatic carbocycles. The maximum atomic E-state index is 13.4. The van der Waals surface area contributed by atoms with E-state index in [1.807, 2.05) is 13.8 Å². The average molecular weight is 486 g/mol. The highest BCUT2D eigenvalue weighted by Crippen LogP contribution is 2.44. The Balaban J connectivity index is 1.63. The van der Waals surface area contributed by atoms with Crippen LogP contribution in [0.25, 0.3) is 5.57 Å². The molecule has 9 heteroatoms. The van der Waals surface area contributed by atoms with Gasteiger partial charge in [0.05, 0.1) is 16.2 Å². The Bertz CT molecular complexity index is 1160. The molecule has 1 saturated heterocycles. The molecule has 0 aliphatic carbocycles. The van der Waals surface area contributed by atoms with Crippen molar-refractivity contribution >= 4 is 74.6 Å². The zero-order valence-electron chi connectivity index (χ0n) is 17.4. The molecule has 1 fully saturated rings. The van der Waals surface area contributed by atoms with Crippen LogP contribution in [0.1, 0.15) is 19.4 Å². The van der Waals surface area contributed by atoms with Gasteiger partial charge in [0.15, 0.2) is 0 Å². The van der Waals surface area contributed by atoms with Gasteiger partial charge in [-0.2, -0.15) is 0 Å². The molecule has 32 heavy (non-hydrogen) atoms. The van der Waals surface area contributed by atoms with Crippen LogP contribution in [0.15, 0.2) is 53.4 Å². The standard InChI is InChI=1S/C23H20ClN3O3S2/c1-13(2)11-27-22(30)20(32-23(27)31)19-16-5-3-4-6-17(16)26(21(19)29)12-18(28)25-15-9-7-14(24)8-10-15/h3-10,13H,11-12H2,1-2H3,(H,25,28)/b20-19-. The van der Waals surface area contributed by atoms with Gasteiger partial charge in [0, 0.05) is 22.8 Å². The number of carbonyl (C=O) groups is 3. The molecule has 2 aliphatic heterocycles. The van der Waals surface area contributed by atoms with Gasteiger partial charge in [0.1, 0.15) is 10.9 Å². The minimum Gasteiger partial charge on any atom is -0.325 e. The van der Waals surface area contributed by atoms with Crippen molar-refractivity contribution in [2.75, 3.05) is 23.3 Å². The highest BCUT2D eigenvalue weighted by Gasteiger charge is 2.42. The number of rotatable bonds is 5. The molecule has 6 nitrogen and oxygen atoms in total. The van der Waals surface area contributed by atoms with Crippen molar-refractivity contribution in [2.24, 2.45) is 5.92 Å². The molecule has 0 atom stereocenters. The number of hydrogen-bond acceptors (Lipinski definition) is 5. The van der Waals surface area contributed by atoms with E-state index in [0.717, 1.165) is 11.8 Å². The quantitative estimate of drug-likeness (QED) is 0.497. The number of para-hydroxylation sites is 1. The van der Waals surface area contributed by atoms with E-state index in [2.05, 4.69) is 5.32 Å². The second-order valence-electron chi connectivity index (χ2n) is 7.85. The molecule has 4 rings (SSSR count). The molecule has 164 valence electrons. The predicted octanol–water partition coefficient (Wildman–Crippen LogP) is 4.55. The Labute approximate surface area is 200 Å². The third kappa shape index (κ3) is 4.30. The molecular formula is C23H20ClN3O3S2. The van der Waals surface area contributed by atoms with E-state index in [1.54, 1.807) is 53.4 Å². The first-order valence-electron chi connectivity index (χ1n) is 10.0. The van der Waals surface area contributed by atoms with Gasteiger partial charge in [-0.1, -0.05) is 67.6 Å². The lowest BCUT2D eigenvalue weighted by atomic mass is 10.1. The Morgan fingerprint density at radius 3 is 2.44 bits per heavy atom. The van der Waals surface area contributed by atoms with Gasteiger partial charge in [-0.25, -0.2) is 0 Å². The van der Waals surface area contributed by atoms with Crippen molar-refractivity contribution in [3.05, 3.63) is 64.0 Å². The number of thiocarbonyl (C=S) groups is 1. The molecule has 3 amide bonds. The van der Waals surface area contributed by atoms with Crippen LogP contribution in [0.3, 0.4) is 0 Å². The maximum absolute atomic E-state index is 13.4. The first-order valence-corrected chi connectivity index (χ1v) is 11.6. The fraction of sp³-hybridized carbons (Fsp3) is 0.217. The maximum Gasteiger partial charge on any atom is 0.267 e. The van der Waals surface area contributed by atoms with Crippen molar-refractivity contribution in [2.45, 2.75) is 13.8 Å². The predicted molar refractivity (Wildman–Crippen MR) is 133 cm³/mol. The second-order valence-corrected chi connectivity index (χ2v) is 9.93. The number of nitrogens with zero attached hydrogens (tertiary/aromatic N) is 2. The molecule has 2 heterocycles.